The van der Waals surface area contributed by atoms with Crippen LogP contribution in [0.25, 0.3) is 0 Å². The lowest BCUT2D eigenvalue weighted by Gasteiger charge is -2.03. The summed E-state index contributed by atoms with van der Waals surface area (Å²) in [4.78, 5) is 14.9. The van der Waals surface area contributed by atoms with Crippen molar-refractivity contribution < 1.29 is 17.8 Å². The molecule has 0 bridgehead atoms. The highest BCUT2D eigenvalue weighted by Gasteiger charge is 2.13. The topological polar surface area (TPSA) is 147 Å². The van der Waals surface area contributed by atoms with Crippen molar-refractivity contribution in [2.45, 2.75) is 11.4 Å². The average Bonchev–Trinajstić information content (AvgIpc) is 2.54. The molecule has 1 aromatic carbocycles. The Hall–Kier alpha value is -2.69. The molecule has 0 atom stereocenters. The lowest BCUT2D eigenvalue weighted by molar-refractivity contribution is 0.0953. The molecule has 0 saturated carbocycles. The van der Waals surface area contributed by atoms with Crippen molar-refractivity contribution in [3.05, 3.63) is 53.7 Å². The van der Waals surface area contributed by atoms with Crippen molar-refractivity contribution in [1.29, 1.82) is 0 Å². The molecule has 0 radical (unpaired) electrons. The Balaban J connectivity index is 2.12. The Morgan fingerprint density at radius 3 is 2.61 bits per heavy atom. The third-order valence-corrected chi connectivity index (χ3v) is 3.76. The molecule has 0 aliphatic carbocycles. The number of nitrogens with one attached hydrogen (secondary N) is 1. The van der Waals surface area contributed by atoms with E-state index in [1.54, 1.807) is 6.07 Å². The first kappa shape index (κ1) is 16.7. The van der Waals surface area contributed by atoms with Crippen molar-refractivity contribution >= 4 is 21.8 Å². The summed E-state index contributed by atoms with van der Waals surface area (Å²) in [7, 11) is -4.32. The summed E-state index contributed by atoms with van der Waals surface area (Å²) in [6, 6.07) is 8.84. The molecule has 0 aliphatic rings. The summed E-state index contributed by atoms with van der Waals surface area (Å²) in [5.74, 6) is 4.75. The number of nitrogen functional groups attached to an aromatic ring is 1. The van der Waals surface area contributed by atoms with Crippen LogP contribution >= 0.6 is 0 Å². The van der Waals surface area contributed by atoms with Crippen LogP contribution in [0.3, 0.4) is 0 Å². The van der Waals surface area contributed by atoms with E-state index < -0.39 is 16.0 Å². The molecule has 0 fully saturated rings. The number of carbonyl (C=O) groups excluding carboxylic acids is 1. The second kappa shape index (κ2) is 7.05. The van der Waals surface area contributed by atoms with E-state index in [1.807, 2.05) is 5.43 Å². The van der Waals surface area contributed by atoms with Crippen LogP contribution in [-0.2, 0) is 16.7 Å². The predicted molar refractivity (Wildman–Crippen MR) is 80.4 cm³/mol. The molecule has 1 amide bonds. The monoisotopic (exact) mass is 335 g/mol. The van der Waals surface area contributed by atoms with Crippen LogP contribution in [0.1, 0.15) is 15.9 Å². The van der Waals surface area contributed by atoms with Crippen LogP contribution in [0.5, 0.6) is 0 Å². The van der Waals surface area contributed by atoms with Gasteiger partial charge in [0.15, 0.2) is 5.82 Å². The Morgan fingerprint density at radius 1 is 1.26 bits per heavy atom. The minimum atomic E-state index is -4.32. The van der Waals surface area contributed by atoms with Gasteiger partial charge in [0, 0.05) is 6.20 Å². The number of azo groups is 1. The van der Waals surface area contributed by atoms with Crippen molar-refractivity contribution in [1.82, 2.24) is 10.4 Å². The Labute approximate surface area is 132 Å². The van der Waals surface area contributed by atoms with E-state index in [4.69, 9.17) is 10.4 Å². The van der Waals surface area contributed by atoms with Gasteiger partial charge in [-0.1, -0.05) is 18.2 Å². The minimum absolute atomic E-state index is 0.0529. The fraction of sp³-hybridized carbons (Fsp3) is 0.0769. The van der Waals surface area contributed by atoms with Crippen molar-refractivity contribution in [3.8, 4) is 0 Å². The van der Waals surface area contributed by atoms with Gasteiger partial charge in [-0.3, -0.25) is 14.8 Å². The third-order valence-electron chi connectivity index (χ3n) is 2.81. The molecule has 1 aromatic heterocycles. The number of rotatable bonds is 5. The fourth-order valence-corrected chi connectivity index (χ4v) is 2.45. The largest absolute Gasteiger partial charge is 0.294 e. The van der Waals surface area contributed by atoms with Gasteiger partial charge in [0.25, 0.3) is 16.0 Å². The maximum atomic E-state index is 11.2. The first-order chi connectivity index (χ1) is 10.9. The lowest BCUT2D eigenvalue weighted by atomic mass is 10.2. The van der Waals surface area contributed by atoms with Crippen molar-refractivity contribution in [2.24, 2.45) is 16.1 Å². The number of aromatic nitrogens is 1. The van der Waals surface area contributed by atoms with Crippen LogP contribution in [-0.4, -0.2) is 23.9 Å². The number of amides is 1. The van der Waals surface area contributed by atoms with Crippen molar-refractivity contribution in [2.75, 3.05) is 0 Å². The van der Waals surface area contributed by atoms with E-state index >= 15 is 0 Å². The highest BCUT2D eigenvalue weighted by atomic mass is 32.2. The lowest BCUT2D eigenvalue weighted by Crippen LogP contribution is -2.29. The summed E-state index contributed by atoms with van der Waals surface area (Å²) in [5.41, 5.74) is 2.54. The Bertz CT molecular complexity index is 834. The Morgan fingerprint density at radius 2 is 2.00 bits per heavy atom. The molecule has 9 nitrogen and oxygen atoms in total. The van der Waals surface area contributed by atoms with Crippen LogP contribution < -0.4 is 11.3 Å². The third kappa shape index (κ3) is 4.39. The first-order valence-electron chi connectivity index (χ1n) is 6.31. The van der Waals surface area contributed by atoms with Gasteiger partial charge in [0.05, 0.1) is 17.0 Å². The molecule has 0 unspecified atom stereocenters. The second-order valence-electron chi connectivity index (χ2n) is 4.36. The summed E-state index contributed by atoms with van der Waals surface area (Å²) in [6.45, 7) is -0.0529. The van der Waals surface area contributed by atoms with E-state index in [0.717, 1.165) is 0 Å². The highest BCUT2D eigenvalue weighted by Crippen LogP contribution is 2.17. The number of hydrazine groups is 1. The van der Waals surface area contributed by atoms with Gasteiger partial charge >= 0.3 is 0 Å². The van der Waals surface area contributed by atoms with Gasteiger partial charge in [-0.2, -0.15) is 13.5 Å². The highest BCUT2D eigenvalue weighted by molar-refractivity contribution is 7.85. The fourth-order valence-electron chi connectivity index (χ4n) is 1.73. The van der Waals surface area contributed by atoms with E-state index in [-0.39, 0.29) is 22.8 Å². The first-order valence-corrected chi connectivity index (χ1v) is 7.75. The van der Waals surface area contributed by atoms with E-state index in [9.17, 15) is 13.2 Å². The zero-order valence-corrected chi connectivity index (χ0v) is 12.6. The van der Waals surface area contributed by atoms with Gasteiger partial charge in [0.2, 0.25) is 0 Å². The number of benzene rings is 1. The molecule has 4 N–H and O–H groups in total. The van der Waals surface area contributed by atoms with Crippen LogP contribution in [0, 0.1) is 0 Å². The SMILES string of the molecule is NNC(=O)c1ccc(N=NCc2ccccc2S(=O)(=O)O)nc1. The van der Waals surface area contributed by atoms with E-state index in [0.29, 0.717) is 5.56 Å². The van der Waals surface area contributed by atoms with E-state index in [2.05, 4.69) is 15.2 Å². The second-order valence-corrected chi connectivity index (χ2v) is 5.75. The molecule has 120 valence electrons. The standard InChI is InChI=1S/C13H13N5O4S/c14-17-13(19)10-5-6-12(15-7-10)18-16-8-9-3-1-2-4-11(9)23(20,21)22/h1-7H,8,14H2,(H,17,19)(H,20,21,22). The normalized spacial score (nSPS) is 11.6. The summed E-state index contributed by atoms with van der Waals surface area (Å²) >= 11 is 0. The molecule has 0 spiro atoms. The number of nitrogens with two attached hydrogens (primary N) is 1. The van der Waals surface area contributed by atoms with Crippen LogP contribution in [0.4, 0.5) is 5.82 Å². The number of hydrogen-bond acceptors (Lipinski definition) is 7. The van der Waals surface area contributed by atoms with Crippen molar-refractivity contribution in [3.63, 3.8) is 0 Å². The number of hydrogen-bond donors (Lipinski definition) is 3. The minimum Gasteiger partial charge on any atom is -0.290 e. The number of nitrogens with zero attached hydrogens (tertiary/aromatic N) is 3. The van der Waals surface area contributed by atoms with Gasteiger partial charge in [-0.05, 0) is 23.8 Å². The van der Waals surface area contributed by atoms with Gasteiger partial charge in [-0.25, -0.2) is 10.8 Å². The van der Waals surface area contributed by atoms with Gasteiger partial charge < -0.3 is 0 Å². The van der Waals surface area contributed by atoms with Crippen LogP contribution in [0.2, 0.25) is 0 Å². The number of pyridine rings is 1. The molecule has 1 heterocycles. The number of carbonyl (C=O) groups is 1. The zero-order chi connectivity index (χ0) is 16.9. The summed E-state index contributed by atoms with van der Waals surface area (Å²) in [6.07, 6.45) is 1.28. The quantitative estimate of drug-likeness (QED) is 0.246. The molecule has 2 rings (SSSR count). The zero-order valence-electron chi connectivity index (χ0n) is 11.7. The molecular weight excluding hydrogens is 322 g/mol. The van der Waals surface area contributed by atoms with Gasteiger partial charge in [-0.15, -0.1) is 5.11 Å². The molecule has 2 aromatic rings. The summed E-state index contributed by atoms with van der Waals surface area (Å²) < 4.78 is 31.6. The smallest absolute Gasteiger partial charge is 0.290 e. The average molecular weight is 335 g/mol. The Kier molecular flexibility index (Phi) is 5.11. The van der Waals surface area contributed by atoms with Crippen LogP contribution in [0.15, 0.2) is 57.7 Å². The molecular formula is C13H13N5O4S. The maximum Gasteiger partial charge on any atom is 0.294 e. The van der Waals surface area contributed by atoms with E-state index in [1.165, 1.54) is 36.5 Å². The molecule has 0 saturated heterocycles. The molecule has 23 heavy (non-hydrogen) atoms. The molecule has 10 heteroatoms. The van der Waals surface area contributed by atoms with Gasteiger partial charge in [0.1, 0.15) is 0 Å². The molecule has 0 aliphatic heterocycles. The predicted octanol–water partition coefficient (Wildman–Crippen LogP) is 1.22. The maximum absolute atomic E-state index is 11.2. The summed E-state index contributed by atoms with van der Waals surface area (Å²) in [5, 5.41) is 7.67.